The molecule has 8 rings (SSSR count). The Labute approximate surface area is 306 Å². The van der Waals surface area contributed by atoms with Gasteiger partial charge in [-0.3, -0.25) is 0 Å². The number of nitrogens with one attached hydrogen (secondary N) is 1. The van der Waals surface area contributed by atoms with Gasteiger partial charge in [-0.05, 0) is 109 Å². The predicted molar refractivity (Wildman–Crippen MR) is 201 cm³/mol. The molecule has 1 atom stereocenters. The number of nitrogens with two attached hydrogens (primary N) is 1. The van der Waals surface area contributed by atoms with Crippen molar-refractivity contribution in [1.82, 2.24) is 34.9 Å². The number of unbranched alkanes of at least 4 members (excludes halogenated alkanes) is 2. The highest BCUT2D eigenvalue weighted by Gasteiger charge is 2.55. The van der Waals surface area contributed by atoms with Crippen LogP contribution in [0.1, 0.15) is 101 Å². The van der Waals surface area contributed by atoms with E-state index in [9.17, 15) is 9.90 Å². The summed E-state index contributed by atoms with van der Waals surface area (Å²) >= 11 is 0. The Bertz CT molecular complexity index is 1880. The summed E-state index contributed by atoms with van der Waals surface area (Å²) in [5, 5.41) is 20.6. The minimum absolute atomic E-state index is 0.0865. The highest BCUT2D eigenvalue weighted by atomic mass is 16.6. The molecule has 1 aromatic carbocycles. The Hall–Kier alpha value is -4.29. The lowest BCUT2D eigenvalue weighted by Gasteiger charge is -2.61. The summed E-state index contributed by atoms with van der Waals surface area (Å²) < 4.78 is 5.57. The maximum absolute atomic E-state index is 12.4. The van der Waals surface area contributed by atoms with Gasteiger partial charge >= 0.3 is 6.09 Å². The normalized spacial score (nSPS) is 20.9. The summed E-state index contributed by atoms with van der Waals surface area (Å²) in [7, 11) is 0. The number of likely N-dealkylation sites (tertiary alicyclic amines) is 2. The SMILES string of the molecule is CC(C)(C)OC(=O)N1CC2(CC(N3CCC(c4cnc(N5CCc6[nH]c7nnc(-c8ccccc8O)cc7c6[C@H]5CCCCCN)nc4)CC3)C2)C1. The molecule has 0 unspecified atom stereocenters. The van der Waals surface area contributed by atoms with Crippen LogP contribution in [0.15, 0.2) is 42.7 Å². The minimum Gasteiger partial charge on any atom is -0.507 e. The number of anilines is 1. The van der Waals surface area contributed by atoms with Crippen molar-refractivity contribution < 1.29 is 14.6 Å². The van der Waals surface area contributed by atoms with Crippen molar-refractivity contribution in [3.63, 3.8) is 0 Å². The molecule has 52 heavy (non-hydrogen) atoms. The molecule has 4 aromatic rings. The lowest BCUT2D eigenvalue weighted by atomic mass is 9.60. The number of ether oxygens (including phenoxy) is 1. The second-order valence-electron chi connectivity index (χ2n) is 16.6. The zero-order chi connectivity index (χ0) is 36.0. The van der Waals surface area contributed by atoms with Gasteiger partial charge in [-0.2, -0.15) is 0 Å². The van der Waals surface area contributed by atoms with E-state index in [1.807, 2.05) is 43.9 Å². The van der Waals surface area contributed by atoms with Crippen molar-refractivity contribution in [3.05, 3.63) is 59.5 Å². The molecule has 0 radical (unpaired) electrons. The number of phenolic OH excluding ortho intramolecular Hbond substituents is 1. The number of benzene rings is 1. The van der Waals surface area contributed by atoms with Gasteiger partial charge in [-0.25, -0.2) is 14.8 Å². The molecular weight excluding hydrogens is 654 g/mol. The number of carbonyl (C=O) groups is 1. The van der Waals surface area contributed by atoms with Gasteiger partial charge in [0.25, 0.3) is 0 Å². The fourth-order valence-electron chi connectivity index (χ4n) is 9.17. The van der Waals surface area contributed by atoms with Crippen LogP contribution in [0.2, 0.25) is 0 Å². The number of fused-ring (bicyclic) bond motifs is 3. The quantitative estimate of drug-likeness (QED) is 0.169. The minimum atomic E-state index is -0.448. The second-order valence-corrected chi connectivity index (χ2v) is 16.6. The topological polar surface area (TPSA) is 150 Å². The smallest absolute Gasteiger partial charge is 0.410 e. The Balaban J connectivity index is 0.924. The number of para-hydroxylation sites is 1. The van der Waals surface area contributed by atoms with Crippen LogP contribution < -0.4 is 10.6 Å². The Morgan fingerprint density at radius 2 is 1.79 bits per heavy atom. The third kappa shape index (κ3) is 6.82. The average Bonchev–Trinajstić information content (AvgIpc) is 3.47. The molecule has 0 bridgehead atoms. The van der Waals surface area contributed by atoms with Crippen LogP contribution in [-0.4, -0.2) is 97.1 Å². The number of carbonyl (C=O) groups excluding carboxylic acids is 1. The van der Waals surface area contributed by atoms with Crippen LogP contribution in [-0.2, 0) is 11.2 Å². The zero-order valence-electron chi connectivity index (χ0n) is 30.9. The summed E-state index contributed by atoms with van der Waals surface area (Å²) in [5.74, 6) is 1.43. The third-order valence-electron chi connectivity index (χ3n) is 11.8. The molecule has 6 heterocycles. The molecule has 3 aromatic heterocycles. The molecule has 12 heteroatoms. The van der Waals surface area contributed by atoms with Gasteiger partial charge in [0.1, 0.15) is 11.4 Å². The van der Waals surface area contributed by atoms with Crippen LogP contribution >= 0.6 is 0 Å². The number of aromatic amines is 1. The summed E-state index contributed by atoms with van der Waals surface area (Å²) in [5.41, 5.74) is 11.5. The molecule has 2 saturated heterocycles. The Kier molecular flexibility index (Phi) is 9.31. The first-order valence-corrected chi connectivity index (χ1v) is 19.3. The summed E-state index contributed by atoms with van der Waals surface area (Å²) in [4.78, 5) is 32.9. The standard InChI is InChI=1S/C40H53N9O3/c1-39(2,3)52-38(51)48-24-40(25-48)20-28(21-40)47-16-12-26(13-17-47)27-22-42-37(43-23-27)49-18-14-31-35(33(49)10-5-4-8-15-41)30-19-32(45-46-36(30)44-31)29-9-6-7-11-34(29)50/h6-7,9,11,19,22-23,26,28,33,50H,4-5,8,10,12-18,20-21,24-25,41H2,1-3H3,(H,44,46)/t33-/m1/s1. The van der Waals surface area contributed by atoms with Gasteiger partial charge in [0.05, 0.1) is 11.7 Å². The average molecular weight is 708 g/mol. The fraction of sp³-hybridized carbons (Fsp3) is 0.575. The second kappa shape index (κ2) is 13.9. The highest BCUT2D eigenvalue weighted by Crippen LogP contribution is 2.51. The molecule has 276 valence electrons. The van der Waals surface area contributed by atoms with E-state index in [1.165, 1.54) is 29.7 Å². The van der Waals surface area contributed by atoms with Crippen LogP contribution in [0, 0.1) is 5.41 Å². The monoisotopic (exact) mass is 707 g/mol. The van der Waals surface area contributed by atoms with Gasteiger partial charge in [0.15, 0.2) is 5.65 Å². The first kappa shape index (κ1) is 34.8. The largest absolute Gasteiger partial charge is 0.507 e. The van der Waals surface area contributed by atoms with E-state index in [1.54, 1.807) is 6.07 Å². The van der Waals surface area contributed by atoms with E-state index < -0.39 is 5.60 Å². The van der Waals surface area contributed by atoms with E-state index in [0.29, 0.717) is 35.2 Å². The van der Waals surface area contributed by atoms with Crippen molar-refractivity contribution in [2.75, 3.05) is 44.2 Å². The third-order valence-corrected chi connectivity index (χ3v) is 11.8. The molecule has 1 amide bonds. The number of H-pyrrole nitrogens is 1. The van der Waals surface area contributed by atoms with Crippen molar-refractivity contribution in [3.8, 4) is 17.0 Å². The summed E-state index contributed by atoms with van der Waals surface area (Å²) in [6.07, 6.45) is 13.5. The summed E-state index contributed by atoms with van der Waals surface area (Å²) in [6.45, 7) is 11.1. The van der Waals surface area contributed by atoms with E-state index in [0.717, 1.165) is 94.7 Å². The Morgan fingerprint density at radius 1 is 1.04 bits per heavy atom. The predicted octanol–water partition coefficient (Wildman–Crippen LogP) is 6.32. The first-order chi connectivity index (χ1) is 25.1. The maximum atomic E-state index is 12.4. The van der Waals surface area contributed by atoms with Gasteiger partial charge in [0, 0.05) is 72.1 Å². The Morgan fingerprint density at radius 3 is 2.50 bits per heavy atom. The number of rotatable bonds is 9. The van der Waals surface area contributed by atoms with Crippen LogP contribution in [0.3, 0.4) is 0 Å². The van der Waals surface area contributed by atoms with Crippen LogP contribution in [0.25, 0.3) is 22.3 Å². The number of phenols is 1. The molecule has 12 nitrogen and oxygen atoms in total. The van der Waals surface area contributed by atoms with Crippen molar-refractivity contribution in [1.29, 1.82) is 0 Å². The molecule has 4 N–H and O–H groups in total. The van der Waals surface area contributed by atoms with Gasteiger partial charge in [0.2, 0.25) is 5.95 Å². The maximum Gasteiger partial charge on any atom is 0.410 e. The number of hydrogen-bond acceptors (Lipinski definition) is 10. The first-order valence-electron chi connectivity index (χ1n) is 19.3. The molecule has 1 saturated carbocycles. The fourth-order valence-corrected chi connectivity index (χ4v) is 9.17. The van der Waals surface area contributed by atoms with Gasteiger partial charge in [-0.15, -0.1) is 10.2 Å². The van der Waals surface area contributed by atoms with Crippen LogP contribution in [0.5, 0.6) is 5.75 Å². The lowest BCUT2D eigenvalue weighted by molar-refractivity contribution is -0.110. The van der Waals surface area contributed by atoms with Gasteiger partial charge in [-0.1, -0.05) is 25.0 Å². The number of nitrogens with zero attached hydrogens (tertiary/aromatic N) is 7. The number of aromatic hydroxyl groups is 1. The van der Waals surface area contributed by atoms with Crippen LogP contribution in [0.4, 0.5) is 10.7 Å². The molecule has 3 fully saturated rings. The molecule has 4 aliphatic rings. The van der Waals surface area contributed by atoms with Gasteiger partial charge < -0.3 is 35.3 Å². The number of hydrogen-bond donors (Lipinski definition) is 3. The van der Waals surface area contributed by atoms with Crippen molar-refractivity contribution in [2.45, 2.75) is 102 Å². The van der Waals surface area contributed by atoms with E-state index in [-0.39, 0.29) is 17.9 Å². The van der Waals surface area contributed by atoms with Crippen molar-refractivity contribution >= 4 is 23.1 Å². The lowest BCUT2D eigenvalue weighted by Crippen LogP contribution is -2.68. The number of amides is 1. The molecular formula is C40H53N9O3. The zero-order valence-corrected chi connectivity index (χ0v) is 30.9. The number of piperidine rings is 1. The summed E-state index contributed by atoms with van der Waals surface area (Å²) in [6, 6.07) is 10.0. The molecule has 1 spiro atoms. The number of aromatic nitrogens is 5. The molecule has 3 aliphatic heterocycles. The van der Waals surface area contributed by atoms with E-state index in [4.69, 9.17) is 20.4 Å². The van der Waals surface area contributed by atoms with E-state index >= 15 is 0 Å². The van der Waals surface area contributed by atoms with E-state index in [2.05, 4.69) is 43.4 Å². The van der Waals surface area contributed by atoms with Crippen molar-refractivity contribution in [2.24, 2.45) is 11.1 Å². The molecule has 1 aliphatic carbocycles. The highest BCUT2D eigenvalue weighted by molar-refractivity contribution is 5.86.